The quantitative estimate of drug-likeness (QED) is 0.896. The lowest BCUT2D eigenvalue weighted by Gasteiger charge is -2.44. The van der Waals surface area contributed by atoms with E-state index < -0.39 is 0 Å². The lowest BCUT2D eigenvalue weighted by atomic mass is 9.91. The molecule has 1 heterocycles. The number of benzene rings is 1. The molecule has 0 radical (unpaired) electrons. The molecule has 1 aliphatic heterocycles. The van der Waals surface area contributed by atoms with E-state index in [0.29, 0.717) is 11.6 Å². The second-order valence-electron chi connectivity index (χ2n) is 6.62. The number of nitrogens with one attached hydrogen (secondary N) is 1. The summed E-state index contributed by atoms with van der Waals surface area (Å²) in [6.45, 7) is 10.5. The van der Waals surface area contributed by atoms with Gasteiger partial charge in [-0.2, -0.15) is 0 Å². The molecule has 1 N–H and O–H groups in total. The molecule has 3 rings (SSSR count). The Hall–Kier alpha value is -0.860. The van der Waals surface area contributed by atoms with Crippen molar-refractivity contribution in [2.24, 2.45) is 5.92 Å². The van der Waals surface area contributed by atoms with Crippen LogP contribution in [0.1, 0.15) is 43.9 Å². The predicted octanol–water partition coefficient (Wildman–Crippen LogP) is 3.13. The molecule has 104 valence electrons. The molecule has 2 atom stereocenters. The highest BCUT2D eigenvalue weighted by atomic mass is 15.2. The fraction of sp³-hybridized carbons (Fsp3) is 0.647. The van der Waals surface area contributed by atoms with Gasteiger partial charge in [0, 0.05) is 31.2 Å². The van der Waals surface area contributed by atoms with Gasteiger partial charge in [-0.3, -0.25) is 4.90 Å². The summed E-state index contributed by atoms with van der Waals surface area (Å²) in [5.74, 6) is 0.902. The molecule has 0 spiro atoms. The first-order chi connectivity index (χ1) is 9.10. The predicted molar refractivity (Wildman–Crippen MR) is 80.3 cm³/mol. The van der Waals surface area contributed by atoms with Gasteiger partial charge in [-0.15, -0.1) is 0 Å². The number of hydrogen-bond acceptors (Lipinski definition) is 2. The molecule has 1 saturated heterocycles. The number of nitrogens with zero attached hydrogens (tertiary/aromatic N) is 1. The van der Waals surface area contributed by atoms with Crippen LogP contribution in [0.4, 0.5) is 0 Å². The van der Waals surface area contributed by atoms with E-state index in [4.69, 9.17) is 0 Å². The fourth-order valence-corrected chi connectivity index (χ4v) is 3.62. The summed E-state index contributed by atoms with van der Waals surface area (Å²) in [5, 5.41) is 3.77. The monoisotopic (exact) mass is 258 g/mol. The Morgan fingerprint density at radius 1 is 1.32 bits per heavy atom. The van der Waals surface area contributed by atoms with Crippen LogP contribution in [0.25, 0.3) is 0 Å². The normalized spacial score (nSPS) is 30.3. The molecule has 0 aromatic heterocycles. The smallest absolute Gasteiger partial charge is 0.0323 e. The van der Waals surface area contributed by atoms with Gasteiger partial charge in [-0.05, 0) is 50.7 Å². The summed E-state index contributed by atoms with van der Waals surface area (Å²) in [7, 11) is 0. The van der Waals surface area contributed by atoms with Gasteiger partial charge in [0.2, 0.25) is 0 Å². The van der Waals surface area contributed by atoms with Crippen LogP contribution in [0, 0.1) is 12.8 Å². The Balaban J connectivity index is 1.76. The summed E-state index contributed by atoms with van der Waals surface area (Å²) in [4.78, 5) is 2.66. The highest BCUT2D eigenvalue weighted by Crippen LogP contribution is 2.41. The van der Waals surface area contributed by atoms with Gasteiger partial charge < -0.3 is 5.32 Å². The van der Waals surface area contributed by atoms with E-state index in [1.807, 2.05) is 0 Å². The number of hydrogen-bond donors (Lipinski definition) is 1. The van der Waals surface area contributed by atoms with Crippen LogP contribution in [0.3, 0.4) is 0 Å². The Morgan fingerprint density at radius 3 is 2.74 bits per heavy atom. The lowest BCUT2D eigenvalue weighted by Crippen LogP contribution is -2.60. The van der Waals surface area contributed by atoms with Crippen molar-refractivity contribution in [2.75, 3.05) is 19.6 Å². The topological polar surface area (TPSA) is 15.3 Å². The molecule has 2 fully saturated rings. The Kier molecular flexibility index (Phi) is 3.40. The van der Waals surface area contributed by atoms with Crippen LogP contribution in [-0.2, 0) is 0 Å². The first-order valence-electron chi connectivity index (χ1n) is 7.65. The molecule has 2 nitrogen and oxygen atoms in total. The fourth-order valence-electron chi connectivity index (χ4n) is 3.62. The Bertz CT molecular complexity index is 452. The van der Waals surface area contributed by atoms with Crippen molar-refractivity contribution >= 4 is 0 Å². The third-order valence-electron chi connectivity index (χ3n) is 5.12. The molecule has 2 heteroatoms. The lowest BCUT2D eigenvalue weighted by molar-refractivity contribution is 0.0943. The van der Waals surface area contributed by atoms with Crippen molar-refractivity contribution in [2.45, 2.75) is 45.2 Å². The van der Waals surface area contributed by atoms with Crippen LogP contribution in [0.5, 0.6) is 0 Å². The van der Waals surface area contributed by atoms with Gasteiger partial charge >= 0.3 is 0 Å². The second kappa shape index (κ2) is 4.92. The van der Waals surface area contributed by atoms with Crippen LogP contribution in [-0.4, -0.2) is 30.1 Å². The molecule has 2 unspecified atom stereocenters. The largest absolute Gasteiger partial charge is 0.309 e. The van der Waals surface area contributed by atoms with Crippen LogP contribution >= 0.6 is 0 Å². The minimum atomic E-state index is 0.342. The molecule has 19 heavy (non-hydrogen) atoms. The Morgan fingerprint density at radius 2 is 2.05 bits per heavy atom. The average Bonchev–Trinajstić information content (AvgIpc) is 3.23. The summed E-state index contributed by atoms with van der Waals surface area (Å²) in [6, 6.07) is 9.35. The first kappa shape index (κ1) is 13.1. The minimum absolute atomic E-state index is 0.342. The highest BCUT2D eigenvalue weighted by molar-refractivity contribution is 5.28. The van der Waals surface area contributed by atoms with Gasteiger partial charge in [0.1, 0.15) is 0 Å². The molecular formula is C17H26N2. The zero-order valence-electron chi connectivity index (χ0n) is 12.4. The van der Waals surface area contributed by atoms with E-state index in [2.05, 4.69) is 55.3 Å². The average molecular weight is 258 g/mol. The molecule has 0 bridgehead atoms. The van der Waals surface area contributed by atoms with Gasteiger partial charge in [0.05, 0.1) is 0 Å². The zero-order chi connectivity index (χ0) is 13.5. The third-order valence-corrected chi connectivity index (χ3v) is 5.12. The summed E-state index contributed by atoms with van der Waals surface area (Å²) >= 11 is 0. The van der Waals surface area contributed by atoms with E-state index in [1.165, 1.54) is 30.5 Å². The molecule has 1 saturated carbocycles. The van der Waals surface area contributed by atoms with Crippen molar-refractivity contribution in [3.63, 3.8) is 0 Å². The Labute approximate surface area is 117 Å². The van der Waals surface area contributed by atoms with Crippen LogP contribution < -0.4 is 5.32 Å². The van der Waals surface area contributed by atoms with E-state index in [-0.39, 0.29) is 0 Å². The zero-order valence-corrected chi connectivity index (χ0v) is 12.4. The van der Waals surface area contributed by atoms with E-state index >= 15 is 0 Å². The van der Waals surface area contributed by atoms with Gasteiger partial charge in [-0.1, -0.05) is 24.3 Å². The SMILES string of the molecule is Cc1ccccc1C(C)N1CCNC(C)(C2CC2)C1. The maximum Gasteiger partial charge on any atom is 0.0323 e. The molecular weight excluding hydrogens is 232 g/mol. The molecule has 1 aliphatic carbocycles. The van der Waals surface area contributed by atoms with Crippen molar-refractivity contribution in [1.29, 1.82) is 0 Å². The van der Waals surface area contributed by atoms with Crippen molar-refractivity contribution in [3.05, 3.63) is 35.4 Å². The third kappa shape index (κ3) is 2.56. The molecule has 1 aromatic rings. The number of piperazine rings is 1. The van der Waals surface area contributed by atoms with Crippen molar-refractivity contribution < 1.29 is 0 Å². The minimum Gasteiger partial charge on any atom is -0.309 e. The van der Waals surface area contributed by atoms with E-state index in [1.54, 1.807) is 0 Å². The molecule has 1 aromatic carbocycles. The maximum absolute atomic E-state index is 3.77. The highest BCUT2D eigenvalue weighted by Gasteiger charge is 2.44. The summed E-state index contributed by atoms with van der Waals surface area (Å²) in [5.41, 5.74) is 3.25. The second-order valence-corrected chi connectivity index (χ2v) is 6.62. The summed E-state index contributed by atoms with van der Waals surface area (Å²) < 4.78 is 0. The van der Waals surface area contributed by atoms with Gasteiger partial charge in [0.25, 0.3) is 0 Å². The number of rotatable bonds is 3. The number of aryl methyl sites for hydroxylation is 1. The summed E-state index contributed by atoms with van der Waals surface area (Å²) in [6.07, 6.45) is 2.83. The van der Waals surface area contributed by atoms with E-state index in [9.17, 15) is 0 Å². The maximum atomic E-state index is 3.77. The van der Waals surface area contributed by atoms with Crippen LogP contribution in [0.15, 0.2) is 24.3 Å². The van der Waals surface area contributed by atoms with Gasteiger partial charge in [0.15, 0.2) is 0 Å². The first-order valence-corrected chi connectivity index (χ1v) is 7.65. The van der Waals surface area contributed by atoms with Crippen molar-refractivity contribution in [1.82, 2.24) is 10.2 Å². The van der Waals surface area contributed by atoms with Gasteiger partial charge in [-0.25, -0.2) is 0 Å². The van der Waals surface area contributed by atoms with Crippen LogP contribution in [0.2, 0.25) is 0 Å². The molecule has 0 amide bonds. The molecule has 2 aliphatic rings. The van der Waals surface area contributed by atoms with E-state index in [0.717, 1.165) is 19.0 Å². The standard InChI is InChI=1S/C17H26N2/c1-13-6-4-5-7-16(13)14(2)19-11-10-18-17(3,12-19)15-8-9-15/h4-7,14-15,18H,8-12H2,1-3H3. The van der Waals surface area contributed by atoms with Crippen molar-refractivity contribution in [3.8, 4) is 0 Å².